The highest BCUT2D eigenvalue weighted by Gasteiger charge is 2.25. The molecule has 1 amide bonds. The predicted molar refractivity (Wildman–Crippen MR) is 51.3 cm³/mol. The fraction of sp³-hybridized carbons (Fsp3) is 0.300. The molecule has 0 aliphatic heterocycles. The molecule has 0 atom stereocenters. The minimum Gasteiger partial charge on any atom is -0.398 e. The first-order chi connectivity index (χ1) is 6.18. The minimum absolute atomic E-state index is 0.387. The van der Waals surface area contributed by atoms with E-state index < -0.39 is 0 Å². The van der Waals surface area contributed by atoms with Crippen molar-refractivity contribution in [1.82, 2.24) is 0 Å². The van der Waals surface area contributed by atoms with Crippen molar-refractivity contribution in [3.63, 3.8) is 0 Å². The van der Waals surface area contributed by atoms with Gasteiger partial charge < -0.3 is 11.5 Å². The second-order valence-corrected chi connectivity index (χ2v) is 3.48. The molecule has 1 aromatic rings. The highest BCUT2D eigenvalue weighted by molar-refractivity contribution is 5.93. The Morgan fingerprint density at radius 2 is 2.08 bits per heavy atom. The Morgan fingerprint density at radius 1 is 1.38 bits per heavy atom. The van der Waals surface area contributed by atoms with Crippen LogP contribution in [0, 0.1) is 0 Å². The molecule has 3 nitrogen and oxygen atoms in total. The molecule has 1 saturated carbocycles. The van der Waals surface area contributed by atoms with Crippen LogP contribution in [0.5, 0.6) is 0 Å². The van der Waals surface area contributed by atoms with Crippen molar-refractivity contribution in [1.29, 1.82) is 0 Å². The van der Waals surface area contributed by atoms with Crippen LogP contribution in [0.15, 0.2) is 18.2 Å². The summed E-state index contributed by atoms with van der Waals surface area (Å²) in [6, 6.07) is 5.24. The monoisotopic (exact) mass is 176 g/mol. The number of hydrogen-bond acceptors (Lipinski definition) is 2. The van der Waals surface area contributed by atoms with E-state index in [-0.39, 0.29) is 5.91 Å². The van der Waals surface area contributed by atoms with Crippen molar-refractivity contribution in [2.24, 2.45) is 5.73 Å². The summed E-state index contributed by atoms with van der Waals surface area (Å²) in [6.45, 7) is 0. The lowest BCUT2D eigenvalue weighted by Crippen LogP contribution is -2.11. The van der Waals surface area contributed by atoms with E-state index in [9.17, 15) is 4.79 Å². The molecule has 0 aromatic heterocycles. The molecule has 4 N–H and O–H groups in total. The lowest BCUT2D eigenvalue weighted by molar-refractivity contribution is 0.100. The molecule has 0 saturated heterocycles. The number of primary amides is 1. The number of amides is 1. The Kier molecular flexibility index (Phi) is 1.72. The summed E-state index contributed by atoms with van der Waals surface area (Å²) in [5.74, 6) is 0.168. The van der Waals surface area contributed by atoms with Gasteiger partial charge in [-0.15, -0.1) is 0 Å². The van der Waals surface area contributed by atoms with Crippen LogP contribution >= 0.6 is 0 Å². The number of benzene rings is 1. The van der Waals surface area contributed by atoms with E-state index in [0.29, 0.717) is 11.5 Å². The second-order valence-electron chi connectivity index (χ2n) is 3.48. The van der Waals surface area contributed by atoms with Gasteiger partial charge in [-0.05, 0) is 42.5 Å². The maximum Gasteiger partial charge on any atom is 0.248 e. The number of rotatable bonds is 2. The van der Waals surface area contributed by atoms with E-state index in [1.54, 1.807) is 12.1 Å². The fourth-order valence-electron chi connectivity index (χ4n) is 1.48. The van der Waals surface area contributed by atoms with Crippen LogP contribution in [0.25, 0.3) is 0 Å². The normalized spacial score (nSPS) is 15.7. The first-order valence-electron chi connectivity index (χ1n) is 4.37. The highest BCUT2D eigenvalue weighted by Crippen LogP contribution is 2.42. The Morgan fingerprint density at radius 3 is 2.62 bits per heavy atom. The molecule has 13 heavy (non-hydrogen) atoms. The first-order valence-corrected chi connectivity index (χ1v) is 4.37. The maximum absolute atomic E-state index is 10.9. The molecule has 0 unspecified atom stereocenters. The maximum atomic E-state index is 10.9. The molecule has 3 heteroatoms. The summed E-state index contributed by atoms with van der Waals surface area (Å²) < 4.78 is 0. The lowest BCUT2D eigenvalue weighted by atomic mass is 10.0. The van der Waals surface area contributed by atoms with E-state index in [1.165, 1.54) is 12.8 Å². The van der Waals surface area contributed by atoms with Crippen LogP contribution in [0.2, 0.25) is 0 Å². The molecule has 2 rings (SSSR count). The van der Waals surface area contributed by atoms with Gasteiger partial charge in [0.05, 0.1) is 0 Å². The molecule has 0 heterocycles. The average Bonchev–Trinajstić information content (AvgIpc) is 2.87. The Balaban J connectivity index is 2.41. The summed E-state index contributed by atoms with van der Waals surface area (Å²) in [4.78, 5) is 10.9. The zero-order valence-electron chi connectivity index (χ0n) is 7.29. The number of carbonyl (C=O) groups is 1. The van der Waals surface area contributed by atoms with Crippen LogP contribution in [-0.4, -0.2) is 5.91 Å². The molecular weight excluding hydrogens is 164 g/mol. The van der Waals surface area contributed by atoms with E-state index in [4.69, 9.17) is 11.5 Å². The van der Waals surface area contributed by atoms with Gasteiger partial charge in [0, 0.05) is 11.3 Å². The summed E-state index contributed by atoms with van der Waals surface area (Å²) in [5.41, 5.74) is 13.4. The molecule has 1 aliphatic rings. The molecule has 1 aromatic carbocycles. The summed E-state index contributed by atoms with van der Waals surface area (Å²) in [5, 5.41) is 0. The van der Waals surface area contributed by atoms with Gasteiger partial charge in [0.25, 0.3) is 0 Å². The second kappa shape index (κ2) is 2.76. The van der Waals surface area contributed by atoms with Crippen molar-refractivity contribution in [2.75, 3.05) is 5.73 Å². The Hall–Kier alpha value is -1.51. The van der Waals surface area contributed by atoms with E-state index >= 15 is 0 Å². The van der Waals surface area contributed by atoms with E-state index in [1.807, 2.05) is 6.07 Å². The third-order valence-electron chi connectivity index (χ3n) is 2.39. The van der Waals surface area contributed by atoms with E-state index in [2.05, 4.69) is 0 Å². The van der Waals surface area contributed by atoms with E-state index in [0.717, 1.165) is 11.3 Å². The van der Waals surface area contributed by atoms with Gasteiger partial charge in [0.1, 0.15) is 0 Å². The van der Waals surface area contributed by atoms with Gasteiger partial charge in [-0.3, -0.25) is 4.79 Å². The van der Waals surface area contributed by atoms with Crippen LogP contribution in [0.3, 0.4) is 0 Å². The lowest BCUT2D eigenvalue weighted by Gasteiger charge is -2.04. The summed E-state index contributed by atoms with van der Waals surface area (Å²) >= 11 is 0. The molecule has 0 bridgehead atoms. The van der Waals surface area contributed by atoms with Crippen molar-refractivity contribution in [3.8, 4) is 0 Å². The zero-order chi connectivity index (χ0) is 9.42. The number of nitrogen functional groups attached to an aromatic ring is 1. The first kappa shape index (κ1) is 8.10. The fourth-order valence-corrected chi connectivity index (χ4v) is 1.48. The van der Waals surface area contributed by atoms with Crippen LogP contribution in [0.4, 0.5) is 5.69 Å². The smallest absolute Gasteiger partial charge is 0.248 e. The Bertz CT molecular complexity index is 356. The highest BCUT2D eigenvalue weighted by atomic mass is 16.1. The third-order valence-corrected chi connectivity index (χ3v) is 2.39. The van der Waals surface area contributed by atoms with Gasteiger partial charge in [-0.25, -0.2) is 0 Å². The van der Waals surface area contributed by atoms with Gasteiger partial charge in [-0.1, -0.05) is 0 Å². The number of carbonyl (C=O) groups excluding carboxylic acids is 1. The number of anilines is 1. The molecule has 0 spiro atoms. The molecule has 0 radical (unpaired) electrons. The minimum atomic E-state index is -0.387. The SMILES string of the molecule is NC(=O)c1ccc(N)c(C2CC2)c1. The van der Waals surface area contributed by atoms with Crippen LogP contribution < -0.4 is 11.5 Å². The van der Waals surface area contributed by atoms with Gasteiger partial charge in [-0.2, -0.15) is 0 Å². The van der Waals surface area contributed by atoms with Gasteiger partial charge in [0.15, 0.2) is 0 Å². The molecule has 1 fully saturated rings. The average molecular weight is 176 g/mol. The van der Waals surface area contributed by atoms with Crippen molar-refractivity contribution in [3.05, 3.63) is 29.3 Å². The molecule has 1 aliphatic carbocycles. The largest absolute Gasteiger partial charge is 0.398 e. The quantitative estimate of drug-likeness (QED) is 0.666. The summed E-state index contributed by atoms with van der Waals surface area (Å²) in [7, 11) is 0. The van der Waals surface area contributed by atoms with Gasteiger partial charge >= 0.3 is 0 Å². The predicted octanol–water partition coefficient (Wildman–Crippen LogP) is 1.25. The van der Waals surface area contributed by atoms with Crippen molar-refractivity contribution in [2.45, 2.75) is 18.8 Å². The Labute approximate surface area is 76.7 Å². The van der Waals surface area contributed by atoms with Gasteiger partial charge in [0.2, 0.25) is 5.91 Å². The van der Waals surface area contributed by atoms with Crippen LogP contribution in [-0.2, 0) is 0 Å². The molecule has 68 valence electrons. The topological polar surface area (TPSA) is 69.1 Å². The number of hydrogen-bond donors (Lipinski definition) is 2. The van der Waals surface area contributed by atoms with Crippen molar-refractivity contribution >= 4 is 11.6 Å². The number of nitrogens with two attached hydrogens (primary N) is 2. The van der Waals surface area contributed by atoms with Crippen molar-refractivity contribution < 1.29 is 4.79 Å². The van der Waals surface area contributed by atoms with Crippen LogP contribution in [0.1, 0.15) is 34.7 Å². The standard InChI is InChI=1S/C10H12N2O/c11-9-4-3-7(10(12)13)5-8(9)6-1-2-6/h3-6H,1-2,11H2,(H2,12,13). The molecular formula is C10H12N2O. The summed E-state index contributed by atoms with van der Waals surface area (Å²) in [6.07, 6.45) is 2.35. The zero-order valence-corrected chi connectivity index (χ0v) is 7.29. The third kappa shape index (κ3) is 1.49.